The molecule has 18 heavy (non-hydrogen) atoms. The van der Waals surface area contributed by atoms with E-state index in [2.05, 4.69) is 17.2 Å². The molecule has 100 valence electrons. The van der Waals surface area contributed by atoms with Crippen LogP contribution in [0, 0.1) is 5.82 Å². The molecule has 0 fully saturated rings. The van der Waals surface area contributed by atoms with Gasteiger partial charge in [0.15, 0.2) is 5.96 Å². The van der Waals surface area contributed by atoms with Crippen molar-refractivity contribution in [1.82, 2.24) is 10.2 Å². The quantitative estimate of drug-likeness (QED) is 0.643. The highest BCUT2D eigenvalue weighted by molar-refractivity contribution is 5.79. The first-order chi connectivity index (χ1) is 8.67. The van der Waals surface area contributed by atoms with Crippen molar-refractivity contribution in [3.8, 4) is 0 Å². The predicted molar refractivity (Wildman–Crippen MR) is 74.1 cm³/mol. The normalized spacial score (nSPS) is 11.4. The van der Waals surface area contributed by atoms with Gasteiger partial charge in [-0.1, -0.05) is 19.1 Å². The minimum Gasteiger partial charge on any atom is -0.357 e. The lowest BCUT2D eigenvalue weighted by Gasteiger charge is -2.22. The molecule has 1 aromatic rings. The van der Waals surface area contributed by atoms with E-state index >= 15 is 0 Å². The smallest absolute Gasteiger partial charge is 0.193 e. The maximum atomic E-state index is 12.8. The maximum absolute atomic E-state index is 12.8. The molecular formula is C14H22FN3. The van der Waals surface area contributed by atoms with Crippen LogP contribution in [0.4, 0.5) is 4.39 Å². The van der Waals surface area contributed by atoms with Gasteiger partial charge in [-0.15, -0.1) is 0 Å². The highest BCUT2D eigenvalue weighted by Crippen LogP contribution is 2.05. The van der Waals surface area contributed by atoms with Gasteiger partial charge in [-0.25, -0.2) is 4.39 Å². The van der Waals surface area contributed by atoms with Crippen LogP contribution in [0.2, 0.25) is 0 Å². The Balaban J connectivity index is 2.65. The molecule has 0 aliphatic heterocycles. The number of benzene rings is 1. The van der Waals surface area contributed by atoms with Gasteiger partial charge in [0.05, 0.1) is 0 Å². The summed E-state index contributed by atoms with van der Waals surface area (Å²) in [7, 11) is 1.99. The Morgan fingerprint density at radius 3 is 2.50 bits per heavy atom. The number of aliphatic imine (C=N–C) groups is 1. The van der Waals surface area contributed by atoms with Gasteiger partial charge in [0.2, 0.25) is 0 Å². The second-order valence-corrected chi connectivity index (χ2v) is 4.22. The van der Waals surface area contributed by atoms with Crippen LogP contribution in [-0.2, 0) is 6.54 Å². The number of hydrogen-bond acceptors (Lipinski definition) is 1. The van der Waals surface area contributed by atoms with Crippen LogP contribution >= 0.6 is 0 Å². The molecule has 1 aromatic carbocycles. The van der Waals surface area contributed by atoms with E-state index in [1.165, 1.54) is 12.1 Å². The van der Waals surface area contributed by atoms with E-state index in [-0.39, 0.29) is 5.82 Å². The lowest BCUT2D eigenvalue weighted by Crippen LogP contribution is -2.38. The van der Waals surface area contributed by atoms with E-state index in [0.29, 0.717) is 0 Å². The molecule has 0 atom stereocenters. The SMILES string of the molecule is CCCN=C(NCC)N(C)Cc1ccc(F)cc1. The number of halogens is 1. The van der Waals surface area contributed by atoms with Gasteiger partial charge in [-0.05, 0) is 31.0 Å². The van der Waals surface area contributed by atoms with Crippen molar-refractivity contribution in [3.63, 3.8) is 0 Å². The summed E-state index contributed by atoms with van der Waals surface area (Å²) < 4.78 is 12.8. The molecule has 0 aromatic heterocycles. The topological polar surface area (TPSA) is 27.6 Å². The summed E-state index contributed by atoms with van der Waals surface area (Å²) in [5.41, 5.74) is 1.07. The van der Waals surface area contributed by atoms with Gasteiger partial charge >= 0.3 is 0 Å². The van der Waals surface area contributed by atoms with Gasteiger partial charge in [0.1, 0.15) is 5.82 Å². The zero-order chi connectivity index (χ0) is 13.4. The second-order valence-electron chi connectivity index (χ2n) is 4.22. The average Bonchev–Trinajstić information content (AvgIpc) is 2.37. The Hall–Kier alpha value is -1.58. The summed E-state index contributed by atoms with van der Waals surface area (Å²) in [6.07, 6.45) is 1.03. The van der Waals surface area contributed by atoms with E-state index < -0.39 is 0 Å². The highest BCUT2D eigenvalue weighted by atomic mass is 19.1. The lowest BCUT2D eigenvalue weighted by atomic mass is 10.2. The first-order valence-corrected chi connectivity index (χ1v) is 6.41. The summed E-state index contributed by atoms with van der Waals surface area (Å²) in [6, 6.07) is 6.57. The fraction of sp³-hybridized carbons (Fsp3) is 0.500. The minimum absolute atomic E-state index is 0.201. The third-order valence-corrected chi connectivity index (χ3v) is 2.51. The number of nitrogens with one attached hydrogen (secondary N) is 1. The monoisotopic (exact) mass is 251 g/mol. The van der Waals surface area contributed by atoms with Crippen LogP contribution in [0.3, 0.4) is 0 Å². The molecule has 3 nitrogen and oxygen atoms in total. The lowest BCUT2D eigenvalue weighted by molar-refractivity contribution is 0.476. The van der Waals surface area contributed by atoms with Crippen LogP contribution in [0.15, 0.2) is 29.3 Å². The zero-order valence-electron chi connectivity index (χ0n) is 11.4. The molecule has 1 N–H and O–H groups in total. The van der Waals surface area contributed by atoms with Crippen LogP contribution in [0.1, 0.15) is 25.8 Å². The first kappa shape index (κ1) is 14.5. The molecule has 4 heteroatoms. The Morgan fingerprint density at radius 2 is 1.94 bits per heavy atom. The van der Waals surface area contributed by atoms with Crippen molar-refractivity contribution in [2.45, 2.75) is 26.8 Å². The molecule has 0 radical (unpaired) electrons. The number of rotatable bonds is 5. The Labute approximate surface area is 109 Å². The first-order valence-electron chi connectivity index (χ1n) is 6.41. The molecule has 0 bridgehead atoms. The summed E-state index contributed by atoms with van der Waals surface area (Å²) in [4.78, 5) is 6.55. The van der Waals surface area contributed by atoms with Crippen LogP contribution in [0.5, 0.6) is 0 Å². The van der Waals surface area contributed by atoms with Crippen molar-refractivity contribution in [2.24, 2.45) is 4.99 Å². The van der Waals surface area contributed by atoms with E-state index in [9.17, 15) is 4.39 Å². The summed E-state index contributed by atoms with van der Waals surface area (Å²) in [5, 5.41) is 3.25. The molecule has 1 rings (SSSR count). The number of nitrogens with zero attached hydrogens (tertiary/aromatic N) is 2. The third kappa shape index (κ3) is 4.73. The molecule has 0 amide bonds. The van der Waals surface area contributed by atoms with Crippen molar-refractivity contribution >= 4 is 5.96 Å². The zero-order valence-corrected chi connectivity index (χ0v) is 11.4. The van der Waals surface area contributed by atoms with E-state index in [0.717, 1.165) is 37.6 Å². The van der Waals surface area contributed by atoms with Gasteiger partial charge in [0.25, 0.3) is 0 Å². The summed E-state index contributed by atoms with van der Waals surface area (Å²) in [6.45, 7) is 6.53. The third-order valence-electron chi connectivity index (χ3n) is 2.51. The number of hydrogen-bond donors (Lipinski definition) is 1. The van der Waals surface area contributed by atoms with E-state index in [1.807, 2.05) is 18.9 Å². The van der Waals surface area contributed by atoms with Crippen molar-refractivity contribution in [2.75, 3.05) is 20.1 Å². The van der Waals surface area contributed by atoms with Gasteiger partial charge in [-0.2, -0.15) is 0 Å². The molecule has 0 unspecified atom stereocenters. The molecule has 0 saturated carbocycles. The van der Waals surface area contributed by atoms with Crippen molar-refractivity contribution in [1.29, 1.82) is 0 Å². The standard InChI is InChI=1S/C14H22FN3/c1-4-10-17-14(16-5-2)18(3)11-12-6-8-13(15)9-7-12/h6-9H,4-5,10-11H2,1-3H3,(H,16,17). The van der Waals surface area contributed by atoms with Crippen LogP contribution in [-0.4, -0.2) is 31.0 Å². The summed E-state index contributed by atoms with van der Waals surface area (Å²) in [5.74, 6) is 0.691. The fourth-order valence-corrected chi connectivity index (χ4v) is 1.63. The fourth-order valence-electron chi connectivity index (χ4n) is 1.63. The predicted octanol–water partition coefficient (Wildman–Crippen LogP) is 2.63. The molecular weight excluding hydrogens is 229 g/mol. The van der Waals surface area contributed by atoms with Gasteiger partial charge in [-0.3, -0.25) is 4.99 Å². The molecule has 0 aliphatic carbocycles. The van der Waals surface area contributed by atoms with Gasteiger partial charge in [0, 0.05) is 26.7 Å². The maximum Gasteiger partial charge on any atom is 0.193 e. The average molecular weight is 251 g/mol. The molecule has 0 heterocycles. The van der Waals surface area contributed by atoms with Crippen molar-refractivity contribution in [3.05, 3.63) is 35.6 Å². The minimum atomic E-state index is -0.201. The second kappa shape index (κ2) is 7.69. The number of guanidine groups is 1. The molecule has 0 aliphatic rings. The highest BCUT2D eigenvalue weighted by Gasteiger charge is 2.05. The Morgan fingerprint density at radius 1 is 1.28 bits per heavy atom. The summed E-state index contributed by atoms with van der Waals surface area (Å²) >= 11 is 0. The van der Waals surface area contributed by atoms with Gasteiger partial charge < -0.3 is 10.2 Å². The van der Waals surface area contributed by atoms with Crippen LogP contribution in [0.25, 0.3) is 0 Å². The Bertz CT molecular complexity index is 373. The van der Waals surface area contributed by atoms with E-state index in [1.54, 1.807) is 12.1 Å². The largest absolute Gasteiger partial charge is 0.357 e. The molecule has 0 spiro atoms. The van der Waals surface area contributed by atoms with Crippen molar-refractivity contribution < 1.29 is 4.39 Å². The van der Waals surface area contributed by atoms with Crippen LogP contribution < -0.4 is 5.32 Å². The molecule has 0 saturated heterocycles. The Kier molecular flexibility index (Phi) is 6.19. The van der Waals surface area contributed by atoms with E-state index in [4.69, 9.17) is 0 Å².